The van der Waals surface area contributed by atoms with E-state index in [-0.39, 0.29) is 5.91 Å². The number of amides is 1. The molecule has 102 valence electrons. The van der Waals surface area contributed by atoms with Gasteiger partial charge in [-0.05, 0) is 49.3 Å². The molecule has 1 aliphatic heterocycles. The Morgan fingerprint density at radius 1 is 1.32 bits per heavy atom. The second-order valence-corrected chi connectivity index (χ2v) is 5.75. The van der Waals surface area contributed by atoms with E-state index >= 15 is 0 Å². The molecule has 1 aromatic rings. The van der Waals surface area contributed by atoms with E-state index in [9.17, 15) is 4.79 Å². The zero-order valence-corrected chi connectivity index (χ0v) is 11.3. The van der Waals surface area contributed by atoms with Gasteiger partial charge in [0.1, 0.15) is 0 Å². The van der Waals surface area contributed by atoms with Crippen molar-refractivity contribution < 1.29 is 4.79 Å². The molecule has 0 bridgehead atoms. The SMILES string of the molecule is O=C(CC1CCCc2ccccc21)NC1CCNC1. The van der Waals surface area contributed by atoms with Gasteiger partial charge in [0.15, 0.2) is 0 Å². The highest BCUT2D eigenvalue weighted by molar-refractivity contribution is 5.77. The van der Waals surface area contributed by atoms with Crippen LogP contribution < -0.4 is 10.6 Å². The van der Waals surface area contributed by atoms with E-state index in [0.717, 1.165) is 25.9 Å². The smallest absolute Gasteiger partial charge is 0.220 e. The number of nitrogens with one attached hydrogen (secondary N) is 2. The third-order valence-electron chi connectivity index (χ3n) is 4.35. The van der Waals surface area contributed by atoms with Gasteiger partial charge in [0.05, 0.1) is 0 Å². The summed E-state index contributed by atoms with van der Waals surface area (Å²) in [4.78, 5) is 12.1. The number of carbonyl (C=O) groups is 1. The second-order valence-electron chi connectivity index (χ2n) is 5.75. The number of hydrogen-bond donors (Lipinski definition) is 2. The molecule has 0 spiro atoms. The van der Waals surface area contributed by atoms with Gasteiger partial charge >= 0.3 is 0 Å². The zero-order valence-electron chi connectivity index (χ0n) is 11.3. The van der Waals surface area contributed by atoms with Crippen LogP contribution in [0.1, 0.15) is 42.7 Å². The highest BCUT2D eigenvalue weighted by atomic mass is 16.1. The van der Waals surface area contributed by atoms with Gasteiger partial charge in [-0.2, -0.15) is 0 Å². The molecule has 0 radical (unpaired) electrons. The molecule has 0 aromatic heterocycles. The van der Waals surface area contributed by atoms with Crippen molar-refractivity contribution >= 4 is 5.91 Å². The first-order valence-corrected chi connectivity index (χ1v) is 7.41. The maximum atomic E-state index is 12.1. The number of carbonyl (C=O) groups excluding carboxylic acids is 1. The third kappa shape index (κ3) is 2.98. The maximum absolute atomic E-state index is 12.1. The number of aryl methyl sites for hydroxylation is 1. The summed E-state index contributed by atoms with van der Waals surface area (Å²) in [5.41, 5.74) is 2.84. The van der Waals surface area contributed by atoms with Crippen molar-refractivity contribution in [3.63, 3.8) is 0 Å². The molecule has 2 atom stereocenters. The highest BCUT2D eigenvalue weighted by Gasteiger charge is 2.24. The average molecular weight is 258 g/mol. The van der Waals surface area contributed by atoms with Gasteiger partial charge in [-0.25, -0.2) is 0 Å². The lowest BCUT2D eigenvalue weighted by Gasteiger charge is -2.25. The van der Waals surface area contributed by atoms with E-state index in [2.05, 4.69) is 34.9 Å². The Morgan fingerprint density at radius 3 is 3.05 bits per heavy atom. The highest BCUT2D eigenvalue weighted by Crippen LogP contribution is 2.33. The summed E-state index contributed by atoms with van der Waals surface area (Å²) in [5, 5.41) is 6.44. The van der Waals surface area contributed by atoms with Crippen LogP contribution >= 0.6 is 0 Å². The van der Waals surface area contributed by atoms with Crippen LogP contribution in [-0.4, -0.2) is 25.0 Å². The molecule has 1 aliphatic carbocycles. The second kappa shape index (κ2) is 5.74. The van der Waals surface area contributed by atoms with E-state index in [1.54, 1.807) is 0 Å². The van der Waals surface area contributed by atoms with E-state index in [1.807, 2.05) is 0 Å². The summed E-state index contributed by atoms with van der Waals surface area (Å²) in [6, 6.07) is 8.94. The van der Waals surface area contributed by atoms with Crippen molar-refractivity contribution in [2.75, 3.05) is 13.1 Å². The summed E-state index contributed by atoms with van der Waals surface area (Å²) < 4.78 is 0. The molecule has 1 saturated heterocycles. The van der Waals surface area contributed by atoms with Gasteiger partial charge in [0.2, 0.25) is 5.91 Å². The van der Waals surface area contributed by atoms with Gasteiger partial charge in [-0.3, -0.25) is 4.79 Å². The zero-order chi connectivity index (χ0) is 13.1. The predicted octanol–water partition coefficient (Wildman–Crippen LogP) is 1.97. The van der Waals surface area contributed by atoms with E-state index < -0.39 is 0 Å². The summed E-state index contributed by atoms with van der Waals surface area (Å²) in [6.45, 7) is 1.95. The molecule has 1 amide bonds. The molecule has 1 fully saturated rings. The van der Waals surface area contributed by atoms with Gasteiger partial charge in [0.25, 0.3) is 0 Å². The normalized spacial score (nSPS) is 25.9. The van der Waals surface area contributed by atoms with E-state index in [0.29, 0.717) is 18.4 Å². The van der Waals surface area contributed by atoms with Crippen LogP contribution in [0.2, 0.25) is 0 Å². The van der Waals surface area contributed by atoms with Crippen LogP contribution in [0.3, 0.4) is 0 Å². The van der Waals surface area contributed by atoms with Crippen molar-refractivity contribution in [1.82, 2.24) is 10.6 Å². The van der Waals surface area contributed by atoms with Crippen molar-refractivity contribution in [2.45, 2.75) is 44.1 Å². The molecule has 0 saturated carbocycles. The summed E-state index contributed by atoms with van der Waals surface area (Å²) in [5.74, 6) is 0.634. The molecule has 2 aliphatic rings. The first-order chi connectivity index (χ1) is 9.33. The quantitative estimate of drug-likeness (QED) is 0.870. The van der Waals surface area contributed by atoms with Crippen LogP contribution in [0.5, 0.6) is 0 Å². The van der Waals surface area contributed by atoms with Gasteiger partial charge < -0.3 is 10.6 Å². The Morgan fingerprint density at radius 2 is 2.21 bits per heavy atom. The minimum Gasteiger partial charge on any atom is -0.352 e. The first-order valence-electron chi connectivity index (χ1n) is 7.41. The topological polar surface area (TPSA) is 41.1 Å². The minimum absolute atomic E-state index is 0.218. The van der Waals surface area contributed by atoms with Crippen LogP contribution in [0.25, 0.3) is 0 Å². The molecular formula is C16H22N2O. The third-order valence-corrected chi connectivity index (χ3v) is 4.35. The lowest BCUT2D eigenvalue weighted by atomic mass is 9.81. The molecule has 1 heterocycles. The fourth-order valence-electron chi connectivity index (χ4n) is 3.35. The maximum Gasteiger partial charge on any atom is 0.220 e. The number of fused-ring (bicyclic) bond motifs is 1. The van der Waals surface area contributed by atoms with Gasteiger partial charge in [-0.1, -0.05) is 24.3 Å². The number of hydrogen-bond acceptors (Lipinski definition) is 2. The van der Waals surface area contributed by atoms with Gasteiger partial charge in [-0.15, -0.1) is 0 Å². The lowest BCUT2D eigenvalue weighted by molar-refractivity contribution is -0.122. The first kappa shape index (κ1) is 12.7. The van der Waals surface area contributed by atoms with E-state index in [1.165, 1.54) is 24.0 Å². The molecule has 3 nitrogen and oxygen atoms in total. The molecular weight excluding hydrogens is 236 g/mol. The predicted molar refractivity (Wildman–Crippen MR) is 76.2 cm³/mol. The molecule has 1 aromatic carbocycles. The Labute approximate surface area is 114 Å². The minimum atomic E-state index is 0.218. The van der Waals surface area contributed by atoms with Crippen LogP contribution in [0, 0.1) is 0 Å². The average Bonchev–Trinajstić information content (AvgIpc) is 2.92. The van der Waals surface area contributed by atoms with Crippen molar-refractivity contribution in [2.24, 2.45) is 0 Å². The van der Waals surface area contributed by atoms with Gasteiger partial charge in [0, 0.05) is 19.0 Å². The summed E-state index contributed by atoms with van der Waals surface area (Å²) in [6.07, 6.45) is 5.23. The van der Waals surface area contributed by atoms with Crippen molar-refractivity contribution in [1.29, 1.82) is 0 Å². The standard InChI is InChI=1S/C16H22N2O/c19-16(18-14-8-9-17-11-14)10-13-6-3-5-12-4-1-2-7-15(12)13/h1-2,4,7,13-14,17H,3,5-6,8-11H2,(H,18,19). The van der Waals surface area contributed by atoms with Crippen LogP contribution in [0.15, 0.2) is 24.3 Å². The summed E-state index contributed by atoms with van der Waals surface area (Å²) >= 11 is 0. The van der Waals surface area contributed by atoms with Crippen molar-refractivity contribution in [3.05, 3.63) is 35.4 Å². The Hall–Kier alpha value is -1.35. The number of rotatable bonds is 3. The Balaban J connectivity index is 1.62. The largest absolute Gasteiger partial charge is 0.352 e. The molecule has 19 heavy (non-hydrogen) atoms. The summed E-state index contributed by atoms with van der Waals surface area (Å²) in [7, 11) is 0. The Kier molecular flexibility index (Phi) is 3.83. The van der Waals surface area contributed by atoms with E-state index in [4.69, 9.17) is 0 Å². The van der Waals surface area contributed by atoms with Crippen LogP contribution in [0.4, 0.5) is 0 Å². The molecule has 2 unspecified atom stereocenters. The lowest BCUT2D eigenvalue weighted by Crippen LogP contribution is -2.37. The Bertz CT molecular complexity index is 452. The van der Waals surface area contributed by atoms with Crippen molar-refractivity contribution in [3.8, 4) is 0 Å². The molecule has 3 heteroatoms. The van der Waals surface area contributed by atoms with Crippen LogP contribution in [-0.2, 0) is 11.2 Å². The fourth-order valence-corrected chi connectivity index (χ4v) is 3.35. The molecule has 2 N–H and O–H groups in total. The molecule has 3 rings (SSSR count). The monoisotopic (exact) mass is 258 g/mol. The number of benzene rings is 1. The fraction of sp³-hybridized carbons (Fsp3) is 0.562.